The summed E-state index contributed by atoms with van der Waals surface area (Å²) in [4.78, 5) is 12.4. The summed E-state index contributed by atoms with van der Waals surface area (Å²) in [5.74, 6) is 0.465. The molecule has 0 amide bonds. The predicted octanol–water partition coefficient (Wildman–Crippen LogP) is 1.82. The summed E-state index contributed by atoms with van der Waals surface area (Å²) in [6.45, 7) is 0.0586. The zero-order valence-electron chi connectivity index (χ0n) is 10.9. The van der Waals surface area contributed by atoms with Crippen LogP contribution < -0.4 is 4.90 Å². The van der Waals surface area contributed by atoms with Crippen molar-refractivity contribution in [2.45, 2.75) is 31.3 Å². The maximum absolute atomic E-state index is 10.8. The van der Waals surface area contributed by atoms with E-state index in [1.165, 1.54) is 12.1 Å². The fourth-order valence-corrected chi connectivity index (χ4v) is 3.66. The monoisotopic (exact) mass is 273 g/mol. The number of nitro benzene ring substituents is 1. The zero-order chi connectivity index (χ0) is 14.3. The van der Waals surface area contributed by atoms with E-state index < -0.39 is 4.92 Å². The van der Waals surface area contributed by atoms with Crippen LogP contribution >= 0.6 is 0 Å². The van der Waals surface area contributed by atoms with E-state index in [0.29, 0.717) is 23.2 Å². The molecule has 2 fully saturated rings. The average molecular weight is 273 g/mol. The van der Waals surface area contributed by atoms with E-state index in [9.17, 15) is 20.5 Å². The van der Waals surface area contributed by atoms with E-state index in [1.807, 2.05) is 6.07 Å². The van der Waals surface area contributed by atoms with Gasteiger partial charge in [-0.3, -0.25) is 10.1 Å². The molecule has 0 aromatic heterocycles. The molecule has 1 N–H and O–H groups in total. The van der Waals surface area contributed by atoms with Gasteiger partial charge in [0, 0.05) is 18.2 Å². The lowest BCUT2D eigenvalue weighted by Crippen LogP contribution is -2.43. The van der Waals surface area contributed by atoms with Gasteiger partial charge in [0.1, 0.15) is 6.07 Å². The number of benzene rings is 1. The molecule has 6 heteroatoms. The molecule has 3 atom stereocenters. The van der Waals surface area contributed by atoms with Crippen molar-refractivity contribution in [2.24, 2.45) is 5.92 Å². The van der Waals surface area contributed by atoms with Gasteiger partial charge in [0.15, 0.2) is 0 Å². The molecule has 3 unspecified atom stereocenters. The molecule has 1 saturated heterocycles. The van der Waals surface area contributed by atoms with Gasteiger partial charge in [0.25, 0.3) is 5.69 Å². The Hall–Kier alpha value is -2.13. The van der Waals surface area contributed by atoms with Gasteiger partial charge in [0.05, 0.1) is 28.8 Å². The van der Waals surface area contributed by atoms with Gasteiger partial charge in [-0.15, -0.1) is 0 Å². The normalized spacial score (nSPS) is 27.6. The molecule has 1 aromatic carbocycles. The lowest BCUT2D eigenvalue weighted by molar-refractivity contribution is -0.384. The molecule has 0 radical (unpaired) electrons. The summed E-state index contributed by atoms with van der Waals surface area (Å²) in [6, 6.07) is 6.79. The molecule has 0 spiro atoms. The molecular formula is C14H15N3O3. The van der Waals surface area contributed by atoms with Crippen LogP contribution in [-0.4, -0.2) is 28.7 Å². The number of rotatable bonds is 3. The Morgan fingerprint density at radius 2 is 2.30 bits per heavy atom. The van der Waals surface area contributed by atoms with E-state index in [1.54, 1.807) is 6.07 Å². The van der Waals surface area contributed by atoms with E-state index in [4.69, 9.17) is 0 Å². The Morgan fingerprint density at radius 3 is 2.95 bits per heavy atom. The Labute approximate surface area is 116 Å². The third-order valence-corrected chi connectivity index (χ3v) is 4.52. The number of piperidine rings is 1. The van der Waals surface area contributed by atoms with E-state index in [-0.39, 0.29) is 18.3 Å². The van der Waals surface area contributed by atoms with Crippen molar-refractivity contribution in [3.8, 4) is 6.07 Å². The lowest BCUT2D eigenvalue weighted by Gasteiger charge is -2.36. The SMILES string of the molecule is N#Cc1cc([N+](=O)[O-])ccc1N1C2CCC(C2)C1CO. The highest BCUT2D eigenvalue weighted by Crippen LogP contribution is 2.45. The number of nitriles is 1. The molecule has 3 rings (SSSR count). The number of hydrogen-bond acceptors (Lipinski definition) is 5. The van der Waals surface area contributed by atoms with Crippen LogP contribution in [0.4, 0.5) is 11.4 Å². The maximum atomic E-state index is 10.8. The van der Waals surface area contributed by atoms with Gasteiger partial charge < -0.3 is 10.0 Å². The molecule has 1 heterocycles. The smallest absolute Gasteiger partial charge is 0.270 e. The van der Waals surface area contributed by atoms with Crippen molar-refractivity contribution in [1.82, 2.24) is 0 Å². The van der Waals surface area contributed by atoms with Crippen LogP contribution in [0.1, 0.15) is 24.8 Å². The summed E-state index contributed by atoms with van der Waals surface area (Å²) >= 11 is 0. The summed E-state index contributed by atoms with van der Waals surface area (Å²) in [5, 5.41) is 29.6. The van der Waals surface area contributed by atoms with Crippen LogP contribution in [0.2, 0.25) is 0 Å². The summed E-state index contributed by atoms with van der Waals surface area (Å²) in [6.07, 6.45) is 3.21. The number of hydrogen-bond donors (Lipinski definition) is 1. The van der Waals surface area contributed by atoms with Crippen molar-refractivity contribution in [1.29, 1.82) is 5.26 Å². The van der Waals surface area contributed by atoms with E-state index in [2.05, 4.69) is 4.90 Å². The number of fused-ring (bicyclic) bond motifs is 2. The third-order valence-electron chi connectivity index (χ3n) is 4.52. The minimum Gasteiger partial charge on any atom is -0.394 e. The highest BCUT2D eigenvalue weighted by atomic mass is 16.6. The predicted molar refractivity (Wildman–Crippen MR) is 72.3 cm³/mol. The van der Waals surface area contributed by atoms with Gasteiger partial charge in [-0.05, 0) is 31.2 Å². The minimum absolute atomic E-state index is 0.0299. The van der Waals surface area contributed by atoms with Crippen LogP contribution in [0.3, 0.4) is 0 Å². The summed E-state index contributed by atoms with van der Waals surface area (Å²) in [7, 11) is 0. The third kappa shape index (κ3) is 1.82. The molecule has 2 aliphatic rings. The molecule has 2 bridgehead atoms. The van der Waals surface area contributed by atoms with Crippen LogP contribution in [0, 0.1) is 27.4 Å². The second kappa shape index (κ2) is 4.76. The molecule has 1 aliphatic carbocycles. The fraction of sp³-hybridized carbons (Fsp3) is 0.500. The van der Waals surface area contributed by atoms with Gasteiger partial charge in [-0.2, -0.15) is 5.26 Å². The summed E-state index contributed by atoms with van der Waals surface area (Å²) in [5.41, 5.74) is 0.949. The van der Waals surface area contributed by atoms with Crippen LogP contribution in [0.5, 0.6) is 0 Å². The molecule has 1 aromatic rings. The Kier molecular flexibility index (Phi) is 3.07. The first-order valence-corrected chi connectivity index (χ1v) is 6.73. The second-order valence-electron chi connectivity index (χ2n) is 5.45. The van der Waals surface area contributed by atoms with Crippen molar-refractivity contribution in [3.63, 3.8) is 0 Å². The van der Waals surface area contributed by atoms with Crippen molar-refractivity contribution in [2.75, 3.05) is 11.5 Å². The second-order valence-corrected chi connectivity index (χ2v) is 5.45. The number of aliphatic hydroxyl groups excluding tert-OH is 1. The van der Waals surface area contributed by atoms with Gasteiger partial charge >= 0.3 is 0 Å². The zero-order valence-corrected chi connectivity index (χ0v) is 10.9. The number of nitro groups is 1. The highest BCUT2D eigenvalue weighted by molar-refractivity contribution is 5.65. The molecule has 1 aliphatic heterocycles. The van der Waals surface area contributed by atoms with Crippen molar-refractivity contribution in [3.05, 3.63) is 33.9 Å². The molecular weight excluding hydrogens is 258 g/mol. The van der Waals surface area contributed by atoms with E-state index in [0.717, 1.165) is 19.3 Å². The highest BCUT2D eigenvalue weighted by Gasteiger charge is 2.46. The first-order valence-electron chi connectivity index (χ1n) is 6.73. The number of anilines is 1. The largest absolute Gasteiger partial charge is 0.394 e. The Morgan fingerprint density at radius 1 is 1.50 bits per heavy atom. The van der Waals surface area contributed by atoms with Crippen LogP contribution in [0.25, 0.3) is 0 Å². The first kappa shape index (κ1) is 12.9. The topological polar surface area (TPSA) is 90.4 Å². The van der Waals surface area contributed by atoms with Crippen LogP contribution in [0.15, 0.2) is 18.2 Å². The van der Waals surface area contributed by atoms with E-state index >= 15 is 0 Å². The standard InChI is InChI=1S/C14H15N3O3/c15-7-10-6-12(17(19)20)3-4-13(10)16-11-2-1-9(5-11)14(16)8-18/h3-4,6,9,11,14,18H,1-2,5,8H2. The molecule has 1 saturated carbocycles. The molecule has 20 heavy (non-hydrogen) atoms. The maximum Gasteiger partial charge on any atom is 0.270 e. The molecule has 6 nitrogen and oxygen atoms in total. The molecule has 104 valence electrons. The average Bonchev–Trinajstić information content (AvgIpc) is 3.06. The van der Waals surface area contributed by atoms with Crippen molar-refractivity contribution >= 4 is 11.4 Å². The lowest BCUT2D eigenvalue weighted by atomic mass is 9.98. The van der Waals surface area contributed by atoms with Crippen molar-refractivity contribution < 1.29 is 10.0 Å². The van der Waals surface area contributed by atoms with Crippen LogP contribution in [-0.2, 0) is 0 Å². The Bertz CT molecular complexity index is 596. The van der Waals surface area contributed by atoms with Gasteiger partial charge in [0.2, 0.25) is 0 Å². The minimum atomic E-state index is -0.496. The van der Waals surface area contributed by atoms with Gasteiger partial charge in [-0.1, -0.05) is 0 Å². The quantitative estimate of drug-likeness (QED) is 0.670. The Balaban J connectivity index is 2.02. The number of non-ortho nitro benzene ring substituents is 1. The van der Waals surface area contributed by atoms with Gasteiger partial charge in [-0.25, -0.2) is 0 Å². The first-order chi connectivity index (χ1) is 9.65. The number of aliphatic hydroxyl groups is 1. The number of nitrogens with zero attached hydrogens (tertiary/aromatic N) is 3. The fourth-order valence-electron chi connectivity index (χ4n) is 3.66. The summed E-state index contributed by atoms with van der Waals surface area (Å²) < 4.78 is 0.